The number of hydrogen-bond donors (Lipinski definition) is 0. The Morgan fingerprint density at radius 3 is 2.41 bits per heavy atom. The zero-order chi connectivity index (χ0) is 15.4. The van der Waals surface area contributed by atoms with E-state index in [0.29, 0.717) is 0 Å². The van der Waals surface area contributed by atoms with Gasteiger partial charge < -0.3 is 4.90 Å². The second kappa shape index (κ2) is 6.73. The number of amides is 1. The van der Waals surface area contributed by atoms with Crippen molar-refractivity contribution in [2.75, 3.05) is 13.1 Å². The van der Waals surface area contributed by atoms with Crippen LogP contribution in [-0.2, 0) is 4.79 Å². The lowest BCUT2D eigenvalue weighted by Gasteiger charge is -2.30. The van der Waals surface area contributed by atoms with Gasteiger partial charge in [0.1, 0.15) is 5.92 Å². The minimum absolute atomic E-state index is 0.183. The highest BCUT2D eigenvalue weighted by Gasteiger charge is 2.29. The summed E-state index contributed by atoms with van der Waals surface area (Å²) >= 11 is 0. The lowest BCUT2D eigenvalue weighted by atomic mass is 9.92. The summed E-state index contributed by atoms with van der Waals surface area (Å²) in [4.78, 5) is 19.5. The Morgan fingerprint density at radius 2 is 1.77 bits per heavy atom. The summed E-state index contributed by atoms with van der Waals surface area (Å²) in [6, 6.07) is 14.0. The first-order valence-electron chi connectivity index (χ1n) is 8.02. The number of aromatic nitrogens is 1. The maximum atomic E-state index is 13.1. The fraction of sp³-hybridized carbons (Fsp3) is 0.368. The van der Waals surface area contributed by atoms with Crippen LogP contribution in [-0.4, -0.2) is 28.9 Å². The number of carbonyl (C=O) groups excluding carboxylic acids is 1. The highest BCUT2D eigenvalue weighted by atomic mass is 16.2. The molecule has 3 rings (SSSR count). The zero-order valence-corrected chi connectivity index (χ0v) is 13.0. The van der Waals surface area contributed by atoms with Crippen molar-refractivity contribution in [3.05, 3.63) is 65.5 Å². The average Bonchev–Trinajstić information content (AvgIpc) is 2.58. The molecule has 1 atom stereocenters. The second-order valence-electron chi connectivity index (χ2n) is 5.98. The van der Waals surface area contributed by atoms with Crippen molar-refractivity contribution in [2.45, 2.75) is 32.1 Å². The minimum Gasteiger partial charge on any atom is -0.342 e. The Balaban J connectivity index is 1.95. The van der Waals surface area contributed by atoms with Crippen molar-refractivity contribution in [1.29, 1.82) is 0 Å². The summed E-state index contributed by atoms with van der Waals surface area (Å²) in [5.41, 5.74) is 3.07. The molecular formula is C19H22N2O. The van der Waals surface area contributed by atoms with Crippen molar-refractivity contribution < 1.29 is 4.79 Å². The van der Waals surface area contributed by atoms with Crippen LogP contribution in [0.4, 0.5) is 0 Å². The van der Waals surface area contributed by atoms with Crippen LogP contribution >= 0.6 is 0 Å². The van der Waals surface area contributed by atoms with Gasteiger partial charge in [-0.1, -0.05) is 35.9 Å². The maximum Gasteiger partial charge on any atom is 0.236 e. The number of piperidine rings is 1. The van der Waals surface area contributed by atoms with Crippen LogP contribution in [0.3, 0.4) is 0 Å². The van der Waals surface area contributed by atoms with Gasteiger partial charge in [0.15, 0.2) is 0 Å². The van der Waals surface area contributed by atoms with E-state index in [9.17, 15) is 4.79 Å². The first kappa shape index (κ1) is 14.8. The van der Waals surface area contributed by atoms with Crippen LogP contribution < -0.4 is 0 Å². The lowest BCUT2D eigenvalue weighted by Crippen LogP contribution is -2.39. The quantitative estimate of drug-likeness (QED) is 0.867. The van der Waals surface area contributed by atoms with Crippen molar-refractivity contribution in [3.63, 3.8) is 0 Å². The van der Waals surface area contributed by atoms with E-state index in [1.54, 1.807) is 6.20 Å². The molecule has 2 heterocycles. The van der Waals surface area contributed by atoms with Gasteiger partial charge in [0, 0.05) is 19.3 Å². The first-order valence-corrected chi connectivity index (χ1v) is 8.02. The van der Waals surface area contributed by atoms with Crippen LogP contribution in [0.25, 0.3) is 0 Å². The molecule has 0 aliphatic carbocycles. The Kier molecular flexibility index (Phi) is 4.52. The first-order chi connectivity index (χ1) is 10.8. The topological polar surface area (TPSA) is 33.2 Å². The predicted octanol–water partition coefficient (Wildman–Crippen LogP) is 3.53. The smallest absolute Gasteiger partial charge is 0.236 e. The fourth-order valence-corrected chi connectivity index (χ4v) is 3.04. The Labute approximate surface area is 132 Å². The highest BCUT2D eigenvalue weighted by Crippen LogP contribution is 2.27. The van der Waals surface area contributed by atoms with Gasteiger partial charge in [0.05, 0.1) is 5.69 Å². The van der Waals surface area contributed by atoms with Crippen LogP contribution in [0.15, 0.2) is 48.7 Å². The molecule has 1 saturated heterocycles. The molecule has 0 N–H and O–H groups in total. The molecule has 1 aliphatic heterocycles. The van der Waals surface area contributed by atoms with Crippen molar-refractivity contribution in [1.82, 2.24) is 9.88 Å². The van der Waals surface area contributed by atoms with Gasteiger partial charge in [-0.3, -0.25) is 9.78 Å². The van der Waals surface area contributed by atoms with E-state index >= 15 is 0 Å². The Morgan fingerprint density at radius 1 is 1.05 bits per heavy atom. The summed E-state index contributed by atoms with van der Waals surface area (Å²) in [5, 5.41) is 0. The normalized spacial score (nSPS) is 16.3. The molecule has 3 heteroatoms. The third kappa shape index (κ3) is 3.19. The Bertz CT molecular complexity index is 616. The van der Waals surface area contributed by atoms with Gasteiger partial charge in [-0.15, -0.1) is 0 Å². The largest absolute Gasteiger partial charge is 0.342 e. The van der Waals surface area contributed by atoms with E-state index in [-0.39, 0.29) is 11.8 Å². The average molecular weight is 294 g/mol. The number of nitrogens with zero attached hydrogens (tertiary/aromatic N) is 2. The molecule has 1 aromatic carbocycles. The summed E-state index contributed by atoms with van der Waals surface area (Å²) in [5.74, 6) is -0.109. The SMILES string of the molecule is Cc1ccc(C(C(=O)N2CCCCC2)c2ccccn2)cc1. The third-order valence-corrected chi connectivity index (χ3v) is 4.31. The number of pyridine rings is 1. The van der Waals surface area contributed by atoms with E-state index in [2.05, 4.69) is 36.2 Å². The number of rotatable bonds is 3. The van der Waals surface area contributed by atoms with Crippen LogP contribution in [0.1, 0.15) is 42.0 Å². The van der Waals surface area contributed by atoms with Gasteiger partial charge in [-0.2, -0.15) is 0 Å². The number of aryl methyl sites for hydroxylation is 1. The number of hydrogen-bond acceptors (Lipinski definition) is 2. The minimum atomic E-state index is -0.292. The van der Waals surface area contributed by atoms with Crippen LogP contribution in [0.5, 0.6) is 0 Å². The van der Waals surface area contributed by atoms with Gasteiger partial charge in [-0.05, 0) is 43.9 Å². The second-order valence-corrected chi connectivity index (χ2v) is 5.98. The highest BCUT2D eigenvalue weighted by molar-refractivity contribution is 5.86. The molecule has 1 aromatic heterocycles. The Hall–Kier alpha value is -2.16. The van der Waals surface area contributed by atoms with Crippen LogP contribution in [0, 0.1) is 6.92 Å². The van der Waals surface area contributed by atoms with E-state index in [1.807, 2.05) is 23.1 Å². The summed E-state index contributed by atoms with van der Waals surface area (Å²) in [7, 11) is 0. The predicted molar refractivity (Wildman–Crippen MR) is 87.7 cm³/mol. The summed E-state index contributed by atoms with van der Waals surface area (Å²) in [6.45, 7) is 3.80. The van der Waals surface area contributed by atoms with E-state index < -0.39 is 0 Å². The lowest BCUT2D eigenvalue weighted by molar-refractivity contribution is -0.132. The van der Waals surface area contributed by atoms with Gasteiger partial charge >= 0.3 is 0 Å². The molecule has 114 valence electrons. The van der Waals surface area contributed by atoms with Crippen molar-refractivity contribution in [3.8, 4) is 0 Å². The fourth-order valence-electron chi connectivity index (χ4n) is 3.04. The zero-order valence-electron chi connectivity index (χ0n) is 13.0. The number of carbonyl (C=O) groups is 1. The third-order valence-electron chi connectivity index (χ3n) is 4.31. The van der Waals surface area contributed by atoms with E-state index in [1.165, 1.54) is 12.0 Å². The molecule has 0 saturated carbocycles. The maximum absolute atomic E-state index is 13.1. The van der Waals surface area contributed by atoms with Crippen LogP contribution in [0.2, 0.25) is 0 Å². The monoisotopic (exact) mass is 294 g/mol. The van der Waals surface area contributed by atoms with Crippen molar-refractivity contribution in [2.24, 2.45) is 0 Å². The molecule has 0 radical (unpaired) electrons. The van der Waals surface area contributed by atoms with E-state index in [4.69, 9.17) is 0 Å². The molecule has 1 unspecified atom stereocenters. The molecule has 2 aromatic rings. The molecule has 22 heavy (non-hydrogen) atoms. The number of benzene rings is 1. The standard InChI is InChI=1S/C19H22N2O/c1-15-8-10-16(11-9-15)18(17-7-3-4-12-20-17)19(22)21-13-5-2-6-14-21/h3-4,7-12,18H,2,5-6,13-14H2,1H3. The molecular weight excluding hydrogens is 272 g/mol. The molecule has 1 aliphatic rings. The molecule has 1 fully saturated rings. The molecule has 1 amide bonds. The summed E-state index contributed by atoms with van der Waals surface area (Å²) < 4.78 is 0. The van der Waals surface area contributed by atoms with Gasteiger partial charge in [-0.25, -0.2) is 0 Å². The van der Waals surface area contributed by atoms with Gasteiger partial charge in [0.25, 0.3) is 0 Å². The summed E-state index contributed by atoms with van der Waals surface area (Å²) in [6.07, 6.45) is 5.20. The number of likely N-dealkylation sites (tertiary alicyclic amines) is 1. The van der Waals surface area contributed by atoms with Crippen molar-refractivity contribution >= 4 is 5.91 Å². The molecule has 0 bridgehead atoms. The molecule has 0 spiro atoms. The molecule has 3 nitrogen and oxygen atoms in total. The van der Waals surface area contributed by atoms with Gasteiger partial charge in [0.2, 0.25) is 5.91 Å². The van der Waals surface area contributed by atoms with E-state index in [0.717, 1.165) is 37.2 Å².